The van der Waals surface area contributed by atoms with Gasteiger partial charge in [-0.15, -0.1) is 0 Å². The molecule has 2 fully saturated rings. The quantitative estimate of drug-likeness (QED) is 0.739. The van der Waals surface area contributed by atoms with E-state index in [1.807, 2.05) is 71.4 Å². The molecule has 2 unspecified atom stereocenters. The third-order valence-corrected chi connectivity index (χ3v) is 6.47. The van der Waals surface area contributed by atoms with Gasteiger partial charge in [0.05, 0.1) is 17.3 Å². The zero-order valence-electron chi connectivity index (χ0n) is 16.5. The van der Waals surface area contributed by atoms with Gasteiger partial charge in [0, 0.05) is 37.4 Å². The second-order valence-corrected chi connectivity index (χ2v) is 8.31. The van der Waals surface area contributed by atoms with E-state index in [9.17, 15) is 9.90 Å². The van der Waals surface area contributed by atoms with Crippen molar-refractivity contribution < 1.29 is 14.6 Å². The molecule has 5 rings (SSSR count). The van der Waals surface area contributed by atoms with E-state index in [4.69, 9.17) is 4.74 Å². The van der Waals surface area contributed by atoms with Gasteiger partial charge < -0.3 is 14.7 Å². The van der Waals surface area contributed by atoms with Crippen molar-refractivity contribution >= 4 is 17.0 Å². The van der Waals surface area contributed by atoms with Crippen LogP contribution in [0, 0.1) is 0 Å². The average molecular weight is 391 g/mol. The molecule has 6 heteroatoms. The zero-order chi connectivity index (χ0) is 20.0. The Balaban J connectivity index is 1.33. The summed E-state index contributed by atoms with van der Waals surface area (Å²) < 4.78 is 7.41. The third kappa shape index (κ3) is 3.17. The van der Waals surface area contributed by atoms with Crippen LogP contribution in [0.2, 0.25) is 0 Å². The van der Waals surface area contributed by atoms with E-state index >= 15 is 0 Å². The smallest absolute Gasteiger partial charge is 0.410 e. The van der Waals surface area contributed by atoms with Crippen molar-refractivity contribution in [1.29, 1.82) is 0 Å². The number of carbonyl (C=O) groups is 1. The van der Waals surface area contributed by atoms with Crippen molar-refractivity contribution in [2.24, 2.45) is 7.05 Å². The minimum atomic E-state index is -0.930. The number of ether oxygens (including phenoxy) is 1. The van der Waals surface area contributed by atoms with Crippen LogP contribution in [0.4, 0.5) is 4.79 Å². The summed E-state index contributed by atoms with van der Waals surface area (Å²) in [5.41, 5.74) is 1.96. The Bertz CT molecular complexity index is 1030. The fourth-order valence-electron chi connectivity index (χ4n) is 4.99. The number of fused-ring (bicyclic) bond motifs is 3. The highest BCUT2D eigenvalue weighted by molar-refractivity contribution is 5.79. The number of hydrogen-bond donors (Lipinski definition) is 1. The van der Waals surface area contributed by atoms with Crippen LogP contribution in [-0.2, 0) is 24.0 Å². The summed E-state index contributed by atoms with van der Waals surface area (Å²) in [6, 6.07) is 15.8. The van der Waals surface area contributed by atoms with Gasteiger partial charge in [-0.25, -0.2) is 4.79 Å². The summed E-state index contributed by atoms with van der Waals surface area (Å²) in [4.78, 5) is 14.6. The molecule has 2 aliphatic rings. The molecular weight excluding hydrogens is 366 g/mol. The lowest BCUT2D eigenvalue weighted by atomic mass is 9.80. The highest BCUT2D eigenvalue weighted by Gasteiger charge is 2.50. The Morgan fingerprint density at radius 1 is 1.17 bits per heavy atom. The molecule has 2 bridgehead atoms. The molecule has 1 amide bonds. The maximum absolute atomic E-state index is 12.8. The summed E-state index contributed by atoms with van der Waals surface area (Å²) in [7, 11) is 1.91. The SMILES string of the molecule is Cn1ncc2ccc(C3(O)CC4CCC(C3)N4C(=O)OCc3ccccc3)cc21. The van der Waals surface area contributed by atoms with Gasteiger partial charge in [0.25, 0.3) is 0 Å². The Kier molecular flexibility index (Phi) is 4.32. The van der Waals surface area contributed by atoms with Gasteiger partial charge in [0.15, 0.2) is 0 Å². The van der Waals surface area contributed by atoms with E-state index in [1.165, 1.54) is 0 Å². The van der Waals surface area contributed by atoms with Crippen molar-refractivity contribution in [2.45, 2.75) is 50.0 Å². The molecule has 1 aromatic heterocycles. The maximum Gasteiger partial charge on any atom is 0.410 e. The molecule has 29 heavy (non-hydrogen) atoms. The van der Waals surface area contributed by atoms with E-state index in [1.54, 1.807) is 0 Å². The lowest BCUT2D eigenvalue weighted by Crippen LogP contribution is -2.52. The monoisotopic (exact) mass is 391 g/mol. The van der Waals surface area contributed by atoms with Crippen LogP contribution >= 0.6 is 0 Å². The molecule has 0 spiro atoms. The molecule has 150 valence electrons. The van der Waals surface area contributed by atoms with Crippen molar-refractivity contribution in [3.63, 3.8) is 0 Å². The van der Waals surface area contributed by atoms with Crippen LogP contribution in [-0.4, -0.2) is 38.0 Å². The molecule has 2 saturated heterocycles. The summed E-state index contributed by atoms with van der Waals surface area (Å²) in [6.45, 7) is 0.275. The minimum Gasteiger partial charge on any atom is -0.445 e. The van der Waals surface area contributed by atoms with E-state index in [0.717, 1.165) is 34.9 Å². The van der Waals surface area contributed by atoms with Crippen molar-refractivity contribution in [1.82, 2.24) is 14.7 Å². The fourth-order valence-corrected chi connectivity index (χ4v) is 4.99. The molecule has 2 aliphatic heterocycles. The van der Waals surface area contributed by atoms with Crippen molar-refractivity contribution in [3.05, 3.63) is 65.9 Å². The number of amides is 1. The van der Waals surface area contributed by atoms with Crippen LogP contribution < -0.4 is 0 Å². The van der Waals surface area contributed by atoms with Crippen LogP contribution in [0.3, 0.4) is 0 Å². The second-order valence-electron chi connectivity index (χ2n) is 8.31. The third-order valence-electron chi connectivity index (χ3n) is 6.47. The molecule has 1 N–H and O–H groups in total. The predicted octanol–water partition coefficient (Wildman–Crippen LogP) is 3.72. The zero-order valence-corrected chi connectivity index (χ0v) is 16.5. The first-order chi connectivity index (χ1) is 14.0. The van der Waals surface area contributed by atoms with E-state index < -0.39 is 5.60 Å². The number of rotatable bonds is 3. The Labute approximate surface area is 169 Å². The Hall–Kier alpha value is -2.86. The molecule has 0 radical (unpaired) electrons. The Morgan fingerprint density at radius 3 is 2.62 bits per heavy atom. The van der Waals surface area contributed by atoms with Crippen molar-refractivity contribution in [3.8, 4) is 0 Å². The van der Waals surface area contributed by atoms with Crippen molar-refractivity contribution in [2.75, 3.05) is 0 Å². The van der Waals surface area contributed by atoms with Crippen LogP contribution in [0.5, 0.6) is 0 Å². The topological polar surface area (TPSA) is 67.6 Å². The van der Waals surface area contributed by atoms with Crippen LogP contribution in [0.1, 0.15) is 36.8 Å². The maximum atomic E-state index is 12.8. The lowest BCUT2D eigenvalue weighted by Gasteiger charge is -2.43. The number of benzene rings is 2. The first-order valence-electron chi connectivity index (χ1n) is 10.2. The normalized spacial score (nSPS) is 26.1. The molecule has 2 atom stereocenters. The number of aryl methyl sites for hydroxylation is 1. The fraction of sp³-hybridized carbons (Fsp3) is 0.391. The van der Waals surface area contributed by atoms with Gasteiger partial charge in [-0.2, -0.15) is 5.10 Å². The number of carbonyl (C=O) groups excluding carboxylic acids is 1. The predicted molar refractivity (Wildman–Crippen MR) is 109 cm³/mol. The van der Waals surface area contributed by atoms with E-state index in [0.29, 0.717) is 12.8 Å². The summed E-state index contributed by atoms with van der Waals surface area (Å²) in [5.74, 6) is 0. The average Bonchev–Trinajstić information content (AvgIpc) is 3.24. The van der Waals surface area contributed by atoms with Gasteiger partial charge in [0.2, 0.25) is 0 Å². The summed E-state index contributed by atoms with van der Waals surface area (Å²) in [6.07, 6.45) is 4.44. The largest absolute Gasteiger partial charge is 0.445 e. The van der Waals surface area contributed by atoms with Gasteiger partial charge in [-0.1, -0.05) is 42.5 Å². The first-order valence-corrected chi connectivity index (χ1v) is 10.2. The highest BCUT2D eigenvalue weighted by Crippen LogP contribution is 2.46. The van der Waals surface area contributed by atoms with Gasteiger partial charge in [0.1, 0.15) is 6.61 Å². The molecule has 6 nitrogen and oxygen atoms in total. The standard InChI is InChI=1S/C23H25N3O3/c1-25-21-11-18(8-7-17(21)14-24-25)23(28)12-19-9-10-20(13-23)26(19)22(27)29-15-16-5-3-2-4-6-16/h2-8,11,14,19-20,28H,9-10,12-13,15H2,1H3. The number of hydrogen-bond acceptors (Lipinski definition) is 4. The molecule has 2 aromatic carbocycles. The van der Waals surface area contributed by atoms with Gasteiger partial charge in [-0.3, -0.25) is 4.68 Å². The Morgan fingerprint density at radius 2 is 1.90 bits per heavy atom. The highest BCUT2D eigenvalue weighted by atomic mass is 16.6. The molecule has 0 saturated carbocycles. The second kappa shape index (κ2) is 6.88. The van der Waals surface area contributed by atoms with E-state index in [2.05, 4.69) is 5.10 Å². The summed E-state index contributed by atoms with van der Waals surface area (Å²) >= 11 is 0. The van der Waals surface area contributed by atoms with Gasteiger partial charge >= 0.3 is 6.09 Å². The summed E-state index contributed by atoms with van der Waals surface area (Å²) in [5, 5.41) is 16.9. The van der Waals surface area contributed by atoms with Gasteiger partial charge in [-0.05, 0) is 30.0 Å². The molecular formula is C23H25N3O3. The first kappa shape index (κ1) is 18.2. The number of aromatic nitrogens is 2. The number of aliphatic hydroxyl groups is 1. The van der Waals surface area contributed by atoms with Crippen LogP contribution in [0.15, 0.2) is 54.7 Å². The lowest BCUT2D eigenvalue weighted by molar-refractivity contribution is -0.0536. The molecule has 0 aliphatic carbocycles. The van der Waals surface area contributed by atoms with E-state index in [-0.39, 0.29) is 24.8 Å². The van der Waals surface area contributed by atoms with Crippen LogP contribution in [0.25, 0.3) is 10.9 Å². The molecule has 3 aromatic rings. The number of nitrogens with zero attached hydrogens (tertiary/aromatic N) is 3. The minimum absolute atomic E-state index is 0.00394. The molecule has 3 heterocycles. The number of piperidine rings is 1.